The van der Waals surface area contributed by atoms with Crippen molar-refractivity contribution in [2.75, 3.05) is 0 Å². The molecular formula is C15H18BrClN2O2S. The van der Waals surface area contributed by atoms with Crippen LogP contribution in [0.4, 0.5) is 0 Å². The molecule has 5 rings (SSSR count). The Morgan fingerprint density at radius 1 is 1.36 bits per heavy atom. The largest absolute Gasteiger partial charge is 0.459 e. The van der Waals surface area contributed by atoms with Crippen LogP contribution in [0.2, 0.25) is 4.34 Å². The van der Waals surface area contributed by atoms with Gasteiger partial charge in [-0.15, -0.1) is 5.10 Å². The van der Waals surface area contributed by atoms with E-state index in [0.717, 1.165) is 29.8 Å². The zero-order chi connectivity index (χ0) is 15.4. The first kappa shape index (κ1) is 15.3. The molecule has 0 aromatic carbocycles. The van der Waals surface area contributed by atoms with Crippen molar-refractivity contribution in [2.24, 2.45) is 17.3 Å². The van der Waals surface area contributed by atoms with Crippen molar-refractivity contribution in [1.82, 2.24) is 9.59 Å². The summed E-state index contributed by atoms with van der Waals surface area (Å²) in [5.41, 5.74) is 0.705. The summed E-state index contributed by atoms with van der Waals surface area (Å²) in [5, 5.41) is 3.88. The van der Waals surface area contributed by atoms with E-state index >= 15 is 0 Å². The SMILES string of the molecule is O=C(CC12CC3CC(CC(Br)(C3)C1)C2)OCc1nnsc1Cl. The molecule has 0 aliphatic heterocycles. The smallest absolute Gasteiger partial charge is 0.306 e. The molecule has 4 aliphatic carbocycles. The summed E-state index contributed by atoms with van der Waals surface area (Å²) in [6.07, 6.45) is 7.92. The van der Waals surface area contributed by atoms with Crippen molar-refractivity contribution < 1.29 is 9.53 Å². The summed E-state index contributed by atoms with van der Waals surface area (Å²) >= 11 is 11.0. The van der Waals surface area contributed by atoms with Gasteiger partial charge in [-0.05, 0) is 55.8 Å². The second kappa shape index (κ2) is 5.42. The van der Waals surface area contributed by atoms with Gasteiger partial charge in [-0.3, -0.25) is 4.79 Å². The molecule has 2 atom stereocenters. The number of hydrogen-bond donors (Lipinski definition) is 0. The monoisotopic (exact) mass is 404 g/mol. The van der Waals surface area contributed by atoms with Gasteiger partial charge < -0.3 is 4.74 Å². The third kappa shape index (κ3) is 2.82. The van der Waals surface area contributed by atoms with Crippen LogP contribution < -0.4 is 0 Å². The minimum Gasteiger partial charge on any atom is -0.459 e. The number of hydrogen-bond acceptors (Lipinski definition) is 5. The molecule has 2 unspecified atom stereocenters. The van der Waals surface area contributed by atoms with E-state index in [1.807, 2.05) is 0 Å². The van der Waals surface area contributed by atoms with Crippen LogP contribution in [0.5, 0.6) is 0 Å². The molecule has 4 bridgehead atoms. The van der Waals surface area contributed by atoms with Crippen LogP contribution in [0, 0.1) is 17.3 Å². The Balaban J connectivity index is 1.40. The fraction of sp³-hybridized carbons (Fsp3) is 0.800. The Hall–Kier alpha value is -0.200. The molecule has 0 radical (unpaired) electrons. The highest BCUT2D eigenvalue weighted by Crippen LogP contribution is 2.65. The first-order chi connectivity index (χ1) is 10.5. The molecular weight excluding hydrogens is 388 g/mol. The molecule has 4 aliphatic rings. The second-order valence-corrected chi connectivity index (χ2v) is 10.5. The summed E-state index contributed by atoms with van der Waals surface area (Å²) < 4.78 is 9.94. The first-order valence-electron chi connectivity index (χ1n) is 7.77. The average molecular weight is 406 g/mol. The molecule has 4 nitrogen and oxygen atoms in total. The molecule has 1 aromatic rings. The molecule has 1 heterocycles. The van der Waals surface area contributed by atoms with E-state index in [2.05, 4.69) is 25.5 Å². The van der Waals surface area contributed by atoms with Gasteiger partial charge in [0.05, 0.1) is 6.42 Å². The number of carbonyl (C=O) groups is 1. The predicted octanol–water partition coefficient (Wildman–Crippen LogP) is 4.36. The van der Waals surface area contributed by atoms with E-state index in [1.54, 1.807) is 0 Å². The molecule has 0 amide bonds. The van der Waals surface area contributed by atoms with Crippen LogP contribution in [0.15, 0.2) is 0 Å². The van der Waals surface area contributed by atoms with Crippen molar-refractivity contribution in [1.29, 1.82) is 0 Å². The summed E-state index contributed by atoms with van der Waals surface area (Å²) in [7, 11) is 0. The number of esters is 1. The maximum absolute atomic E-state index is 12.3. The summed E-state index contributed by atoms with van der Waals surface area (Å²) in [4.78, 5) is 12.3. The topological polar surface area (TPSA) is 52.1 Å². The standard InChI is InChI=1S/C15H18BrClN2O2S/c16-15-4-9-1-10(5-15)3-14(2-9,8-15)6-12(20)21-7-11-13(17)22-19-18-11/h9-10H,1-8H2. The van der Waals surface area contributed by atoms with Crippen LogP contribution in [0.25, 0.3) is 0 Å². The maximum atomic E-state index is 12.3. The quantitative estimate of drug-likeness (QED) is 0.552. The zero-order valence-electron chi connectivity index (χ0n) is 12.2. The number of carbonyl (C=O) groups excluding carboxylic acids is 1. The highest BCUT2D eigenvalue weighted by atomic mass is 79.9. The van der Waals surface area contributed by atoms with E-state index in [-0.39, 0.29) is 22.3 Å². The van der Waals surface area contributed by atoms with Crippen LogP contribution in [0.1, 0.15) is 50.6 Å². The minimum absolute atomic E-state index is 0.123. The number of ether oxygens (including phenoxy) is 1. The molecule has 120 valence electrons. The third-order valence-corrected chi connectivity index (χ3v) is 7.42. The first-order valence-corrected chi connectivity index (χ1v) is 9.71. The van der Waals surface area contributed by atoms with E-state index < -0.39 is 0 Å². The van der Waals surface area contributed by atoms with Crippen molar-refractivity contribution >= 4 is 45.0 Å². The van der Waals surface area contributed by atoms with E-state index in [1.165, 1.54) is 32.1 Å². The van der Waals surface area contributed by atoms with Gasteiger partial charge in [0, 0.05) is 15.9 Å². The molecule has 4 saturated carbocycles. The maximum Gasteiger partial charge on any atom is 0.306 e. The average Bonchev–Trinajstić information content (AvgIpc) is 2.78. The lowest BCUT2D eigenvalue weighted by Crippen LogP contribution is -2.53. The molecule has 22 heavy (non-hydrogen) atoms. The Kier molecular flexibility index (Phi) is 3.78. The summed E-state index contributed by atoms with van der Waals surface area (Å²) in [6, 6.07) is 0. The molecule has 0 saturated heterocycles. The predicted molar refractivity (Wildman–Crippen MR) is 88.1 cm³/mol. The fourth-order valence-electron chi connectivity index (χ4n) is 5.33. The van der Waals surface area contributed by atoms with Crippen molar-refractivity contribution in [3.8, 4) is 0 Å². The number of halogens is 2. The van der Waals surface area contributed by atoms with Gasteiger partial charge in [0.1, 0.15) is 16.6 Å². The van der Waals surface area contributed by atoms with Crippen LogP contribution in [-0.2, 0) is 16.1 Å². The van der Waals surface area contributed by atoms with Crippen molar-refractivity contribution in [3.05, 3.63) is 10.0 Å². The van der Waals surface area contributed by atoms with E-state index in [0.29, 0.717) is 16.5 Å². The normalized spacial score (nSPS) is 39.2. The second-order valence-electron chi connectivity index (χ2n) is 7.44. The van der Waals surface area contributed by atoms with Crippen molar-refractivity contribution in [3.63, 3.8) is 0 Å². The van der Waals surface area contributed by atoms with E-state index in [9.17, 15) is 4.79 Å². The summed E-state index contributed by atoms with van der Waals surface area (Å²) in [5.74, 6) is 1.44. The highest BCUT2D eigenvalue weighted by Gasteiger charge is 2.57. The van der Waals surface area contributed by atoms with Gasteiger partial charge in [-0.1, -0.05) is 32.0 Å². The zero-order valence-corrected chi connectivity index (χ0v) is 15.3. The van der Waals surface area contributed by atoms with Gasteiger partial charge in [-0.25, -0.2) is 0 Å². The summed E-state index contributed by atoms with van der Waals surface area (Å²) in [6.45, 7) is 0.135. The number of aromatic nitrogens is 2. The van der Waals surface area contributed by atoms with Crippen LogP contribution in [-0.4, -0.2) is 19.9 Å². The van der Waals surface area contributed by atoms with Crippen LogP contribution in [0.3, 0.4) is 0 Å². The molecule has 7 heteroatoms. The van der Waals surface area contributed by atoms with Crippen molar-refractivity contribution in [2.45, 2.75) is 55.9 Å². The van der Waals surface area contributed by atoms with Gasteiger partial charge in [-0.2, -0.15) is 0 Å². The Morgan fingerprint density at radius 2 is 2.09 bits per heavy atom. The lowest BCUT2D eigenvalue weighted by Gasteiger charge is -2.60. The van der Waals surface area contributed by atoms with Gasteiger partial charge in [0.25, 0.3) is 0 Å². The fourth-order valence-corrected chi connectivity index (χ4v) is 7.44. The van der Waals surface area contributed by atoms with Gasteiger partial charge in [0.2, 0.25) is 0 Å². The highest BCUT2D eigenvalue weighted by molar-refractivity contribution is 9.10. The number of rotatable bonds is 4. The Morgan fingerprint density at radius 3 is 2.68 bits per heavy atom. The Bertz CT molecular complexity index is 594. The molecule has 4 fully saturated rings. The number of alkyl halides is 1. The lowest BCUT2D eigenvalue weighted by molar-refractivity contribution is -0.152. The van der Waals surface area contributed by atoms with Gasteiger partial charge >= 0.3 is 5.97 Å². The number of nitrogens with zero attached hydrogens (tertiary/aromatic N) is 2. The lowest BCUT2D eigenvalue weighted by atomic mass is 9.49. The van der Waals surface area contributed by atoms with E-state index in [4.69, 9.17) is 16.3 Å². The molecule has 1 aromatic heterocycles. The molecule has 0 spiro atoms. The van der Waals surface area contributed by atoms with Gasteiger partial charge in [0.15, 0.2) is 0 Å². The van der Waals surface area contributed by atoms with Crippen LogP contribution >= 0.6 is 39.1 Å². The Labute approximate surface area is 147 Å². The minimum atomic E-state index is -0.123. The molecule has 0 N–H and O–H groups in total. The third-order valence-electron chi connectivity index (χ3n) is 5.51.